The molecule has 1 fully saturated rings. The maximum absolute atomic E-state index is 13.9. The van der Waals surface area contributed by atoms with Crippen LogP contribution in [0.1, 0.15) is 63.9 Å². The van der Waals surface area contributed by atoms with Gasteiger partial charge in [0.05, 0.1) is 18.5 Å². The Morgan fingerprint density at radius 1 is 1.18 bits per heavy atom. The highest BCUT2D eigenvalue weighted by Gasteiger charge is 2.21. The molecule has 0 radical (unpaired) electrons. The minimum atomic E-state index is -4.18. The molecule has 1 unspecified atom stereocenters. The third kappa shape index (κ3) is 3.98. The molecule has 28 heavy (non-hydrogen) atoms. The molecule has 0 saturated carbocycles. The van der Waals surface area contributed by atoms with Crippen molar-refractivity contribution in [2.45, 2.75) is 38.4 Å². The molecule has 1 atom stereocenters. The SMILES string of the molecule is [2H]C([2H])(c1ccc(Cl)cc1)c1nn(C2([2H])C([2H])([2H])C([2H])([2H])N(C([2H])([2H])C)C([2H])([2H])C([2H])([2H])C2([2H])[2H])c(=O)c2ccccc12. The second kappa shape index (κ2) is 8.46. The molecule has 0 bridgehead atoms. The van der Waals surface area contributed by atoms with Crippen LogP contribution in [0.3, 0.4) is 0 Å². The van der Waals surface area contributed by atoms with E-state index < -0.39 is 72.5 Å². The Bertz CT molecular complexity index is 1640. The zero-order valence-electron chi connectivity index (χ0n) is 29.7. The fourth-order valence-electron chi connectivity index (χ4n) is 2.63. The monoisotopic (exact) mass is 410 g/mol. The standard InChI is InChI=1S/C23H26ClN3O/c1-2-26-14-5-6-19(13-15-26)27-23(28)21-8-4-3-7-20(21)22(25-27)16-17-9-11-18(24)12-10-17/h3-4,7-12,19H,2,5-6,13-16H2,1H3/i2D2,5D2,6D2,13D2,14D2,15D2,16D2,19D. The summed E-state index contributed by atoms with van der Waals surface area (Å²) < 4.78 is 129. The first-order chi connectivity index (χ1) is 19.2. The van der Waals surface area contributed by atoms with Gasteiger partial charge in [-0.2, -0.15) is 5.10 Å². The highest BCUT2D eigenvalue weighted by molar-refractivity contribution is 6.30. The van der Waals surface area contributed by atoms with E-state index in [2.05, 4.69) is 5.10 Å². The van der Waals surface area contributed by atoms with Crippen molar-refractivity contribution < 1.29 is 20.6 Å². The van der Waals surface area contributed by atoms with Gasteiger partial charge in [-0.05, 0) is 55.9 Å². The molecular formula is C23H26ClN3O. The Hall–Kier alpha value is -2.17. The molecule has 146 valence electrons. The lowest BCUT2D eigenvalue weighted by Crippen LogP contribution is -2.30. The van der Waals surface area contributed by atoms with Gasteiger partial charge in [-0.3, -0.25) is 4.79 Å². The lowest BCUT2D eigenvalue weighted by atomic mass is 10.0. The van der Waals surface area contributed by atoms with Crippen molar-refractivity contribution in [1.82, 2.24) is 14.7 Å². The topological polar surface area (TPSA) is 38.1 Å². The molecule has 1 saturated heterocycles. The quantitative estimate of drug-likeness (QED) is 0.626. The molecule has 1 aliphatic rings. The van der Waals surface area contributed by atoms with E-state index in [-0.39, 0.29) is 20.7 Å². The molecular weight excluding hydrogens is 370 g/mol. The summed E-state index contributed by atoms with van der Waals surface area (Å²) in [4.78, 5) is 13.5. The van der Waals surface area contributed by atoms with Crippen molar-refractivity contribution in [2.24, 2.45) is 0 Å². The van der Waals surface area contributed by atoms with Crippen molar-refractivity contribution in [3.05, 3.63) is 75.2 Å². The van der Waals surface area contributed by atoms with Gasteiger partial charge in [-0.15, -0.1) is 0 Å². The summed E-state index contributed by atoms with van der Waals surface area (Å²) in [6.07, 6.45) is -15.1. The molecule has 0 spiro atoms. The van der Waals surface area contributed by atoms with E-state index >= 15 is 0 Å². The molecule has 3 aromatic rings. The molecule has 2 heterocycles. The first kappa shape index (κ1) is 8.29. The summed E-state index contributed by atoms with van der Waals surface area (Å²) in [5.41, 5.74) is -2.13. The fraction of sp³-hybridized carbons (Fsp3) is 0.391. The molecule has 1 aliphatic heterocycles. The summed E-state index contributed by atoms with van der Waals surface area (Å²) in [7, 11) is 0. The predicted molar refractivity (Wildman–Crippen MR) is 115 cm³/mol. The summed E-state index contributed by atoms with van der Waals surface area (Å²) in [5, 5.41) is 3.65. The fourth-order valence-corrected chi connectivity index (χ4v) is 2.76. The smallest absolute Gasteiger partial charge is 0.274 e. The number of hydrogen-bond donors (Lipinski definition) is 0. The van der Waals surface area contributed by atoms with Gasteiger partial charge in [0.2, 0.25) is 0 Å². The van der Waals surface area contributed by atoms with Gasteiger partial charge >= 0.3 is 0 Å². The molecule has 4 nitrogen and oxygen atoms in total. The molecule has 0 N–H and O–H groups in total. The van der Waals surface area contributed by atoms with Gasteiger partial charge in [-0.25, -0.2) is 4.68 Å². The first-order valence-electron chi connectivity index (χ1n) is 15.8. The van der Waals surface area contributed by atoms with E-state index in [1.54, 1.807) is 0 Å². The Kier molecular flexibility index (Phi) is 2.50. The molecule has 0 aliphatic carbocycles. The Morgan fingerprint density at radius 2 is 1.93 bits per heavy atom. The van der Waals surface area contributed by atoms with Crippen LogP contribution in [0.25, 0.3) is 10.8 Å². The number of hydrogen-bond acceptors (Lipinski definition) is 3. The summed E-state index contributed by atoms with van der Waals surface area (Å²) in [6.45, 7) is -10.5. The zero-order chi connectivity index (χ0) is 33.0. The second-order valence-corrected chi connectivity index (χ2v) is 6.19. The van der Waals surface area contributed by atoms with Crippen LogP contribution in [-0.4, -0.2) is 34.2 Å². The molecule has 4 rings (SSSR count). The van der Waals surface area contributed by atoms with E-state index in [1.807, 2.05) is 0 Å². The van der Waals surface area contributed by atoms with Crippen LogP contribution >= 0.6 is 11.6 Å². The van der Waals surface area contributed by atoms with Crippen molar-refractivity contribution in [3.63, 3.8) is 0 Å². The number of halogens is 1. The van der Waals surface area contributed by atoms with Crippen LogP contribution < -0.4 is 5.56 Å². The molecule has 0 amide bonds. The Morgan fingerprint density at radius 3 is 2.68 bits per heavy atom. The van der Waals surface area contributed by atoms with E-state index in [4.69, 9.17) is 30.8 Å². The minimum Gasteiger partial charge on any atom is -0.304 e. The van der Waals surface area contributed by atoms with Gasteiger partial charge in [0.25, 0.3) is 5.56 Å². The normalized spacial score (nSPS) is 38.9. The minimum absolute atomic E-state index is 0.0713. The second-order valence-electron chi connectivity index (χ2n) is 5.75. The van der Waals surface area contributed by atoms with Crippen molar-refractivity contribution in [1.29, 1.82) is 0 Å². The molecule has 1 aromatic heterocycles. The lowest BCUT2D eigenvalue weighted by molar-refractivity contribution is 0.292. The van der Waals surface area contributed by atoms with Crippen LogP contribution in [0, 0.1) is 0 Å². The average Bonchev–Trinajstić information content (AvgIpc) is 2.87. The van der Waals surface area contributed by atoms with E-state index in [1.165, 1.54) is 42.5 Å². The highest BCUT2D eigenvalue weighted by Crippen LogP contribution is 2.24. The van der Waals surface area contributed by atoms with Crippen LogP contribution in [0.15, 0.2) is 53.3 Å². The third-order valence-electron chi connectivity index (χ3n) is 3.98. The van der Waals surface area contributed by atoms with Crippen LogP contribution in [0.5, 0.6) is 0 Å². The molecule has 2 aromatic carbocycles. The van der Waals surface area contributed by atoms with E-state index in [9.17, 15) is 6.17 Å². The molecule has 5 heteroatoms. The van der Waals surface area contributed by atoms with Gasteiger partial charge in [0.15, 0.2) is 0 Å². The number of nitrogens with zero attached hydrogens (tertiary/aromatic N) is 3. The maximum atomic E-state index is 13.9. The van der Waals surface area contributed by atoms with Crippen LogP contribution in [0.4, 0.5) is 0 Å². The third-order valence-corrected chi connectivity index (χ3v) is 4.23. The van der Waals surface area contributed by atoms with Gasteiger partial charge in [0.1, 0.15) is 0 Å². The lowest BCUT2D eigenvalue weighted by Gasteiger charge is -2.20. The van der Waals surface area contributed by atoms with E-state index in [0.29, 0.717) is 6.92 Å². The van der Waals surface area contributed by atoms with Crippen LogP contribution in [0.2, 0.25) is 5.02 Å². The van der Waals surface area contributed by atoms with Gasteiger partial charge in [-0.1, -0.05) is 48.9 Å². The van der Waals surface area contributed by atoms with Gasteiger partial charge in [0, 0.05) is 42.5 Å². The van der Waals surface area contributed by atoms with Gasteiger partial charge < -0.3 is 4.90 Å². The first-order valence-corrected chi connectivity index (χ1v) is 8.71. The largest absolute Gasteiger partial charge is 0.304 e. The number of fused-ring (bicyclic) bond motifs is 1. The Labute approximate surface area is 191 Å². The van der Waals surface area contributed by atoms with E-state index in [0.717, 1.165) is 6.07 Å². The highest BCUT2D eigenvalue weighted by atomic mass is 35.5. The summed E-state index contributed by atoms with van der Waals surface area (Å²) in [6, 6.07) is 6.42. The Balaban J connectivity index is 2.23. The van der Waals surface area contributed by atoms with Crippen molar-refractivity contribution >= 4 is 22.4 Å². The van der Waals surface area contributed by atoms with Crippen molar-refractivity contribution in [2.75, 3.05) is 19.5 Å². The number of rotatable bonds is 4. The van der Waals surface area contributed by atoms with Crippen LogP contribution in [-0.2, 0) is 6.37 Å². The predicted octanol–water partition coefficient (Wildman–Crippen LogP) is 4.69. The maximum Gasteiger partial charge on any atom is 0.274 e. The average molecular weight is 411 g/mol. The number of benzene rings is 2. The number of likely N-dealkylation sites (tertiary alicyclic amines) is 1. The summed E-state index contributed by atoms with van der Waals surface area (Å²) >= 11 is 5.94. The zero-order valence-corrected chi connectivity index (χ0v) is 15.5. The number of aromatic nitrogens is 2. The van der Waals surface area contributed by atoms with Crippen molar-refractivity contribution in [3.8, 4) is 0 Å². The summed E-state index contributed by atoms with van der Waals surface area (Å²) in [5.74, 6) is 0.